The SMILES string of the molecule is CC(C)(C)OC(=O)N(CCO)C1CCCc2ccccc21. The quantitative estimate of drug-likeness (QED) is 0.929. The molecule has 1 aliphatic carbocycles. The highest BCUT2D eigenvalue weighted by atomic mass is 16.6. The van der Waals surface area contributed by atoms with Gasteiger partial charge in [0.15, 0.2) is 0 Å². The molecule has 0 bridgehead atoms. The molecule has 0 fully saturated rings. The molecule has 4 nitrogen and oxygen atoms in total. The Bertz CT molecular complexity index is 493. The van der Waals surface area contributed by atoms with E-state index >= 15 is 0 Å². The van der Waals surface area contributed by atoms with Gasteiger partial charge < -0.3 is 9.84 Å². The van der Waals surface area contributed by atoms with Crippen LogP contribution in [0.15, 0.2) is 24.3 Å². The van der Waals surface area contributed by atoms with Gasteiger partial charge in [0, 0.05) is 6.54 Å². The third-order valence-electron chi connectivity index (χ3n) is 3.68. The fourth-order valence-corrected chi connectivity index (χ4v) is 2.85. The van der Waals surface area contributed by atoms with Crippen molar-refractivity contribution >= 4 is 6.09 Å². The van der Waals surface area contributed by atoms with E-state index in [1.807, 2.05) is 32.9 Å². The van der Waals surface area contributed by atoms with E-state index in [2.05, 4.69) is 12.1 Å². The first-order valence-electron chi connectivity index (χ1n) is 7.60. The smallest absolute Gasteiger partial charge is 0.410 e. The lowest BCUT2D eigenvalue weighted by molar-refractivity contribution is 0.0101. The van der Waals surface area contributed by atoms with E-state index in [-0.39, 0.29) is 18.7 Å². The Morgan fingerprint density at radius 1 is 1.38 bits per heavy atom. The minimum atomic E-state index is -0.529. The van der Waals surface area contributed by atoms with Crippen LogP contribution in [0.4, 0.5) is 4.79 Å². The summed E-state index contributed by atoms with van der Waals surface area (Å²) in [7, 11) is 0. The Hall–Kier alpha value is -1.55. The van der Waals surface area contributed by atoms with Crippen LogP contribution in [0.25, 0.3) is 0 Å². The summed E-state index contributed by atoms with van der Waals surface area (Å²) in [6.07, 6.45) is 2.66. The molecule has 1 N–H and O–H groups in total. The van der Waals surface area contributed by atoms with Gasteiger partial charge in [0.25, 0.3) is 0 Å². The maximum Gasteiger partial charge on any atom is 0.410 e. The van der Waals surface area contributed by atoms with E-state index in [9.17, 15) is 9.90 Å². The van der Waals surface area contributed by atoms with Gasteiger partial charge in [-0.25, -0.2) is 4.79 Å². The highest BCUT2D eigenvalue weighted by molar-refractivity contribution is 5.69. The average molecular weight is 291 g/mol. The van der Waals surface area contributed by atoms with Crippen molar-refractivity contribution in [1.29, 1.82) is 0 Å². The third kappa shape index (κ3) is 3.97. The van der Waals surface area contributed by atoms with Crippen LogP contribution in [0.2, 0.25) is 0 Å². The van der Waals surface area contributed by atoms with Gasteiger partial charge in [0.2, 0.25) is 0 Å². The van der Waals surface area contributed by atoms with E-state index in [0.717, 1.165) is 19.3 Å². The van der Waals surface area contributed by atoms with Crippen molar-refractivity contribution in [2.24, 2.45) is 0 Å². The number of aliphatic hydroxyl groups is 1. The number of fused-ring (bicyclic) bond motifs is 1. The van der Waals surface area contributed by atoms with Crippen molar-refractivity contribution in [3.8, 4) is 0 Å². The molecule has 0 saturated carbocycles. The molecule has 0 radical (unpaired) electrons. The minimum Gasteiger partial charge on any atom is -0.444 e. The highest BCUT2D eigenvalue weighted by Gasteiger charge is 2.31. The number of ether oxygens (including phenoxy) is 1. The van der Waals surface area contributed by atoms with E-state index in [1.54, 1.807) is 4.90 Å². The average Bonchev–Trinajstić information content (AvgIpc) is 2.42. The molecule has 0 saturated heterocycles. The van der Waals surface area contributed by atoms with Gasteiger partial charge in [-0.1, -0.05) is 24.3 Å². The van der Waals surface area contributed by atoms with E-state index in [0.29, 0.717) is 6.54 Å². The molecule has 1 aliphatic rings. The first kappa shape index (κ1) is 15.8. The molecule has 116 valence electrons. The van der Waals surface area contributed by atoms with Gasteiger partial charge in [0.1, 0.15) is 5.60 Å². The summed E-state index contributed by atoms with van der Waals surface area (Å²) in [4.78, 5) is 14.1. The Balaban J connectivity index is 2.25. The summed E-state index contributed by atoms with van der Waals surface area (Å²) < 4.78 is 5.50. The summed E-state index contributed by atoms with van der Waals surface area (Å²) in [6.45, 7) is 5.82. The molecular formula is C17H25NO3. The van der Waals surface area contributed by atoms with Crippen molar-refractivity contribution in [1.82, 2.24) is 4.90 Å². The minimum absolute atomic E-state index is 0.00282. The molecule has 1 aromatic rings. The van der Waals surface area contributed by atoms with Gasteiger partial charge in [-0.2, -0.15) is 0 Å². The largest absolute Gasteiger partial charge is 0.444 e. The Morgan fingerprint density at radius 3 is 2.76 bits per heavy atom. The van der Waals surface area contributed by atoms with Crippen molar-refractivity contribution in [2.75, 3.05) is 13.2 Å². The highest BCUT2D eigenvalue weighted by Crippen LogP contribution is 2.34. The first-order valence-corrected chi connectivity index (χ1v) is 7.60. The van der Waals surface area contributed by atoms with Crippen molar-refractivity contribution < 1.29 is 14.6 Å². The Kier molecular flexibility index (Phi) is 4.88. The molecule has 1 aromatic carbocycles. The summed E-state index contributed by atoms with van der Waals surface area (Å²) in [5.41, 5.74) is 1.95. The van der Waals surface area contributed by atoms with Crippen LogP contribution >= 0.6 is 0 Å². The molecule has 4 heteroatoms. The number of aryl methyl sites for hydroxylation is 1. The number of carbonyl (C=O) groups excluding carboxylic acids is 1. The predicted octanol–water partition coefficient (Wildman–Crippen LogP) is 3.29. The summed E-state index contributed by atoms with van der Waals surface area (Å²) in [6, 6.07) is 8.23. The number of rotatable bonds is 3. The molecule has 2 rings (SSSR count). The second kappa shape index (κ2) is 6.48. The predicted molar refractivity (Wildman–Crippen MR) is 82.1 cm³/mol. The number of carbonyl (C=O) groups is 1. The maximum absolute atomic E-state index is 12.5. The van der Waals surface area contributed by atoms with Gasteiger partial charge in [0.05, 0.1) is 12.6 Å². The van der Waals surface area contributed by atoms with Crippen LogP contribution in [0, 0.1) is 0 Å². The van der Waals surface area contributed by atoms with E-state index in [4.69, 9.17) is 4.74 Å². The Labute approximate surface area is 126 Å². The van der Waals surface area contributed by atoms with Crippen molar-refractivity contribution in [3.05, 3.63) is 35.4 Å². The second-order valence-electron chi connectivity index (χ2n) is 6.50. The number of aliphatic hydroxyl groups excluding tert-OH is 1. The van der Waals surface area contributed by atoms with Crippen molar-refractivity contribution in [3.63, 3.8) is 0 Å². The van der Waals surface area contributed by atoms with Crippen LogP contribution in [-0.4, -0.2) is 34.9 Å². The van der Waals surface area contributed by atoms with Gasteiger partial charge in [-0.15, -0.1) is 0 Å². The molecule has 0 aromatic heterocycles. The lowest BCUT2D eigenvalue weighted by atomic mass is 9.87. The number of hydrogen-bond donors (Lipinski definition) is 1. The van der Waals surface area contributed by atoms with Gasteiger partial charge >= 0.3 is 6.09 Å². The van der Waals surface area contributed by atoms with Crippen LogP contribution in [0.5, 0.6) is 0 Å². The molecule has 1 unspecified atom stereocenters. The lowest BCUT2D eigenvalue weighted by Crippen LogP contribution is -2.41. The number of benzene rings is 1. The zero-order valence-corrected chi connectivity index (χ0v) is 13.1. The summed E-state index contributed by atoms with van der Waals surface area (Å²) in [5.74, 6) is 0. The molecule has 0 heterocycles. The van der Waals surface area contributed by atoms with E-state index < -0.39 is 5.60 Å². The standard InChI is InChI=1S/C17H25NO3/c1-17(2,3)21-16(20)18(11-12-19)15-10-6-8-13-7-4-5-9-14(13)15/h4-5,7,9,15,19H,6,8,10-12H2,1-3H3. The zero-order valence-electron chi connectivity index (χ0n) is 13.1. The van der Waals surface area contributed by atoms with Gasteiger partial charge in [-0.05, 0) is 51.2 Å². The fraction of sp³-hybridized carbons (Fsp3) is 0.588. The first-order chi connectivity index (χ1) is 9.92. The summed E-state index contributed by atoms with van der Waals surface area (Å²) >= 11 is 0. The molecule has 0 aliphatic heterocycles. The molecule has 0 spiro atoms. The monoisotopic (exact) mass is 291 g/mol. The number of hydrogen-bond acceptors (Lipinski definition) is 3. The Morgan fingerprint density at radius 2 is 2.10 bits per heavy atom. The molecule has 21 heavy (non-hydrogen) atoms. The van der Waals surface area contributed by atoms with Crippen LogP contribution in [-0.2, 0) is 11.2 Å². The molecule has 1 amide bonds. The maximum atomic E-state index is 12.5. The number of nitrogens with zero attached hydrogens (tertiary/aromatic N) is 1. The topological polar surface area (TPSA) is 49.8 Å². The second-order valence-corrected chi connectivity index (χ2v) is 6.50. The zero-order chi connectivity index (χ0) is 15.5. The van der Waals surface area contributed by atoms with Crippen molar-refractivity contribution in [2.45, 2.75) is 51.7 Å². The molecule has 1 atom stereocenters. The van der Waals surface area contributed by atoms with Crippen LogP contribution in [0.3, 0.4) is 0 Å². The van der Waals surface area contributed by atoms with Crippen LogP contribution in [0.1, 0.15) is 50.8 Å². The number of amides is 1. The van der Waals surface area contributed by atoms with Crippen LogP contribution < -0.4 is 0 Å². The fourth-order valence-electron chi connectivity index (χ4n) is 2.85. The molecular weight excluding hydrogens is 266 g/mol. The normalized spacial score (nSPS) is 18.0. The summed E-state index contributed by atoms with van der Waals surface area (Å²) in [5, 5.41) is 9.31. The van der Waals surface area contributed by atoms with E-state index in [1.165, 1.54) is 11.1 Å². The third-order valence-corrected chi connectivity index (χ3v) is 3.68. The lowest BCUT2D eigenvalue weighted by Gasteiger charge is -2.36. The van der Waals surface area contributed by atoms with Gasteiger partial charge in [-0.3, -0.25) is 4.90 Å².